The molecule has 4 nitrogen and oxygen atoms in total. The number of thioether (sulfide) groups is 1. The molecule has 0 saturated heterocycles. The van der Waals surface area contributed by atoms with Gasteiger partial charge in [0.1, 0.15) is 0 Å². The number of carbonyl (C=O) groups is 2. The highest BCUT2D eigenvalue weighted by Gasteiger charge is 2.13. The Morgan fingerprint density at radius 2 is 1.68 bits per heavy atom. The molecule has 0 unspecified atom stereocenters. The summed E-state index contributed by atoms with van der Waals surface area (Å²) in [6.45, 7) is 5.23. The normalized spacial score (nSPS) is 10.3. The van der Waals surface area contributed by atoms with Gasteiger partial charge in [0.2, 0.25) is 11.8 Å². The number of benzene rings is 2. The minimum atomic E-state index is -0.0900. The average molecular weight is 356 g/mol. The molecule has 0 atom stereocenters. The molecular weight excluding hydrogens is 332 g/mol. The van der Waals surface area contributed by atoms with Gasteiger partial charge in [-0.3, -0.25) is 9.59 Å². The van der Waals surface area contributed by atoms with Crippen molar-refractivity contribution in [1.29, 1.82) is 0 Å². The predicted octanol–water partition coefficient (Wildman–Crippen LogP) is 3.72. The molecule has 0 fully saturated rings. The van der Waals surface area contributed by atoms with Crippen molar-refractivity contribution in [3.05, 3.63) is 65.7 Å². The lowest BCUT2D eigenvalue weighted by molar-refractivity contribution is -0.128. The zero-order valence-corrected chi connectivity index (χ0v) is 15.5. The van der Waals surface area contributed by atoms with Gasteiger partial charge in [-0.05, 0) is 31.5 Å². The van der Waals surface area contributed by atoms with Gasteiger partial charge < -0.3 is 10.2 Å². The highest BCUT2D eigenvalue weighted by Crippen LogP contribution is 2.11. The van der Waals surface area contributed by atoms with Crippen LogP contribution in [0.25, 0.3) is 0 Å². The maximum Gasteiger partial charge on any atom is 0.234 e. The quantitative estimate of drug-likeness (QED) is 0.784. The van der Waals surface area contributed by atoms with E-state index in [0.717, 1.165) is 16.8 Å². The van der Waals surface area contributed by atoms with E-state index in [4.69, 9.17) is 0 Å². The van der Waals surface area contributed by atoms with E-state index in [2.05, 4.69) is 5.32 Å². The number of carbonyl (C=O) groups excluding carboxylic acids is 2. The fourth-order valence-electron chi connectivity index (χ4n) is 2.34. The number of amides is 2. The zero-order chi connectivity index (χ0) is 18.1. The molecular formula is C20H24N2O2S. The number of anilines is 1. The van der Waals surface area contributed by atoms with Crippen molar-refractivity contribution in [3.63, 3.8) is 0 Å². The number of aryl methyl sites for hydroxylation is 1. The third-order valence-electron chi connectivity index (χ3n) is 3.74. The minimum absolute atomic E-state index is 0.0551. The second-order valence-corrected chi connectivity index (χ2v) is 6.79. The number of rotatable bonds is 8. The summed E-state index contributed by atoms with van der Waals surface area (Å²) >= 11 is 1.34. The number of hydrogen-bond donors (Lipinski definition) is 1. The van der Waals surface area contributed by atoms with Crippen LogP contribution in [0, 0.1) is 6.92 Å². The third-order valence-corrected chi connectivity index (χ3v) is 4.66. The summed E-state index contributed by atoms with van der Waals surface area (Å²) in [7, 11) is 0. The molecule has 0 aliphatic rings. The molecule has 2 aromatic carbocycles. The van der Waals surface area contributed by atoms with Crippen LogP contribution in [0.5, 0.6) is 0 Å². The molecule has 0 bridgehead atoms. The van der Waals surface area contributed by atoms with E-state index in [1.54, 1.807) is 4.90 Å². The van der Waals surface area contributed by atoms with Crippen LogP contribution in [0.2, 0.25) is 0 Å². The van der Waals surface area contributed by atoms with Gasteiger partial charge in [0.15, 0.2) is 0 Å². The molecule has 0 aromatic heterocycles. The summed E-state index contributed by atoms with van der Waals surface area (Å²) in [5.74, 6) is 0.539. The Morgan fingerprint density at radius 3 is 2.32 bits per heavy atom. The molecule has 2 rings (SSSR count). The molecule has 25 heavy (non-hydrogen) atoms. The van der Waals surface area contributed by atoms with Gasteiger partial charge in [0.25, 0.3) is 0 Å². The fraction of sp³-hybridized carbons (Fsp3) is 0.300. The maximum atomic E-state index is 12.3. The number of nitrogens with one attached hydrogen (secondary N) is 1. The van der Waals surface area contributed by atoms with E-state index in [1.165, 1.54) is 11.8 Å². The average Bonchev–Trinajstić information content (AvgIpc) is 2.62. The standard InChI is InChI=1S/C20H24N2O2S/c1-3-22(13-17-7-5-4-6-8-17)20(24)15-25-14-19(23)21-18-11-9-16(2)10-12-18/h4-12H,3,13-15H2,1-2H3,(H,21,23). The van der Waals surface area contributed by atoms with E-state index in [0.29, 0.717) is 18.8 Å². The van der Waals surface area contributed by atoms with Crippen molar-refractivity contribution in [3.8, 4) is 0 Å². The second-order valence-electron chi connectivity index (χ2n) is 5.80. The Balaban J connectivity index is 1.74. The molecule has 0 radical (unpaired) electrons. The Morgan fingerprint density at radius 1 is 1.00 bits per heavy atom. The first kappa shape index (κ1) is 19.1. The third kappa shape index (κ3) is 6.63. The first-order chi connectivity index (χ1) is 12.1. The summed E-state index contributed by atoms with van der Waals surface area (Å²) < 4.78 is 0. The van der Waals surface area contributed by atoms with Gasteiger partial charge in [-0.15, -0.1) is 11.8 Å². The summed E-state index contributed by atoms with van der Waals surface area (Å²) in [5.41, 5.74) is 3.04. The topological polar surface area (TPSA) is 49.4 Å². The highest BCUT2D eigenvalue weighted by atomic mass is 32.2. The molecule has 1 N–H and O–H groups in total. The Labute approximate surface area is 153 Å². The van der Waals surface area contributed by atoms with Crippen LogP contribution in [0.15, 0.2) is 54.6 Å². The number of hydrogen-bond acceptors (Lipinski definition) is 3. The monoisotopic (exact) mass is 356 g/mol. The molecule has 2 aromatic rings. The summed E-state index contributed by atoms with van der Waals surface area (Å²) in [4.78, 5) is 26.1. The highest BCUT2D eigenvalue weighted by molar-refractivity contribution is 8.00. The summed E-state index contributed by atoms with van der Waals surface area (Å²) in [6.07, 6.45) is 0. The van der Waals surface area contributed by atoms with Crippen LogP contribution in [0.1, 0.15) is 18.1 Å². The van der Waals surface area contributed by atoms with Crippen molar-refractivity contribution in [2.45, 2.75) is 20.4 Å². The SMILES string of the molecule is CCN(Cc1ccccc1)C(=O)CSCC(=O)Nc1ccc(C)cc1. The van der Waals surface area contributed by atoms with Crippen LogP contribution in [-0.2, 0) is 16.1 Å². The fourth-order valence-corrected chi connectivity index (χ4v) is 3.05. The van der Waals surface area contributed by atoms with Crippen LogP contribution < -0.4 is 5.32 Å². The van der Waals surface area contributed by atoms with E-state index < -0.39 is 0 Å². The lowest BCUT2D eigenvalue weighted by atomic mass is 10.2. The van der Waals surface area contributed by atoms with Gasteiger partial charge in [-0.2, -0.15) is 0 Å². The smallest absolute Gasteiger partial charge is 0.234 e. The van der Waals surface area contributed by atoms with E-state index in [-0.39, 0.29) is 17.6 Å². The molecule has 0 heterocycles. The van der Waals surface area contributed by atoms with E-state index >= 15 is 0 Å². The van der Waals surface area contributed by atoms with Gasteiger partial charge in [-0.1, -0.05) is 48.0 Å². The largest absolute Gasteiger partial charge is 0.338 e. The van der Waals surface area contributed by atoms with Crippen molar-refractivity contribution in [2.75, 3.05) is 23.4 Å². The van der Waals surface area contributed by atoms with Crippen molar-refractivity contribution in [2.24, 2.45) is 0 Å². The lowest BCUT2D eigenvalue weighted by Gasteiger charge is -2.20. The molecule has 2 amide bonds. The summed E-state index contributed by atoms with van der Waals surface area (Å²) in [5, 5.41) is 2.84. The lowest BCUT2D eigenvalue weighted by Crippen LogP contribution is -2.32. The van der Waals surface area contributed by atoms with E-state index in [1.807, 2.05) is 68.4 Å². The van der Waals surface area contributed by atoms with Gasteiger partial charge in [0.05, 0.1) is 11.5 Å². The minimum Gasteiger partial charge on any atom is -0.338 e. The van der Waals surface area contributed by atoms with Crippen LogP contribution in [-0.4, -0.2) is 34.8 Å². The predicted molar refractivity (Wildman–Crippen MR) is 105 cm³/mol. The zero-order valence-electron chi connectivity index (χ0n) is 14.7. The first-order valence-electron chi connectivity index (χ1n) is 8.34. The van der Waals surface area contributed by atoms with Crippen molar-refractivity contribution >= 4 is 29.3 Å². The molecule has 0 saturated carbocycles. The molecule has 0 aliphatic carbocycles. The maximum absolute atomic E-state index is 12.3. The number of nitrogens with zero attached hydrogens (tertiary/aromatic N) is 1. The van der Waals surface area contributed by atoms with Gasteiger partial charge in [-0.25, -0.2) is 0 Å². The Kier molecular flexibility index (Phi) is 7.54. The van der Waals surface area contributed by atoms with Crippen LogP contribution >= 0.6 is 11.8 Å². The van der Waals surface area contributed by atoms with Crippen LogP contribution in [0.3, 0.4) is 0 Å². The van der Waals surface area contributed by atoms with E-state index in [9.17, 15) is 9.59 Å². The summed E-state index contributed by atoms with van der Waals surface area (Å²) in [6, 6.07) is 17.6. The van der Waals surface area contributed by atoms with Crippen molar-refractivity contribution < 1.29 is 9.59 Å². The molecule has 5 heteroatoms. The van der Waals surface area contributed by atoms with Gasteiger partial charge >= 0.3 is 0 Å². The Hall–Kier alpha value is -2.27. The van der Waals surface area contributed by atoms with Crippen LogP contribution in [0.4, 0.5) is 5.69 Å². The molecule has 0 spiro atoms. The second kappa shape index (κ2) is 9.89. The Bertz CT molecular complexity index is 687. The van der Waals surface area contributed by atoms with Gasteiger partial charge in [0, 0.05) is 18.8 Å². The molecule has 0 aliphatic heterocycles. The van der Waals surface area contributed by atoms with Crippen molar-refractivity contribution in [1.82, 2.24) is 4.90 Å². The molecule has 132 valence electrons. The first-order valence-corrected chi connectivity index (χ1v) is 9.50.